The van der Waals surface area contributed by atoms with Crippen LogP contribution in [0, 0.1) is 0 Å². The molecular formula is C18H23N3O2S. The first-order valence-corrected chi connectivity index (χ1v) is 10.0. The first-order valence-electron chi connectivity index (χ1n) is 8.58. The summed E-state index contributed by atoms with van der Waals surface area (Å²) in [4.78, 5) is 2.83. The Balaban J connectivity index is 1.55. The highest BCUT2D eigenvalue weighted by Gasteiger charge is 2.35. The summed E-state index contributed by atoms with van der Waals surface area (Å²) in [6.07, 6.45) is 0.923. The first-order chi connectivity index (χ1) is 11.6. The van der Waals surface area contributed by atoms with Crippen molar-refractivity contribution in [3.05, 3.63) is 42.5 Å². The lowest BCUT2D eigenvalue weighted by Crippen LogP contribution is -2.49. The van der Waals surface area contributed by atoms with Crippen molar-refractivity contribution in [1.29, 1.82) is 0 Å². The van der Waals surface area contributed by atoms with E-state index in [0.29, 0.717) is 24.0 Å². The molecule has 1 atom stereocenters. The third kappa shape index (κ3) is 2.95. The summed E-state index contributed by atoms with van der Waals surface area (Å²) < 4.78 is 27.7. The number of piperazine rings is 1. The summed E-state index contributed by atoms with van der Waals surface area (Å²) in [6, 6.07) is 13.6. The third-order valence-electron chi connectivity index (χ3n) is 5.15. The number of rotatable bonds is 3. The number of nitrogens with zero attached hydrogens (tertiary/aromatic N) is 2. The lowest BCUT2D eigenvalue weighted by atomic mass is 10.1. The van der Waals surface area contributed by atoms with Gasteiger partial charge in [0.25, 0.3) is 0 Å². The molecule has 0 aliphatic carbocycles. The van der Waals surface area contributed by atoms with Gasteiger partial charge < -0.3 is 5.32 Å². The van der Waals surface area contributed by atoms with Gasteiger partial charge in [-0.1, -0.05) is 30.3 Å². The van der Waals surface area contributed by atoms with Gasteiger partial charge in [-0.25, -0.2) is 8.42 Å². The van der Waals surface area contributed by atoms with E-state index in [4.69, 9.17) is 0 Å². The van der Waals surface area contributed by atoms with Crippen molar-refractivity contribution in [2.75, 3.05) is 39.3 Å². The Morgan fingerprint density at radius 1 is 0.958 bits per heavy atom. The van der Waals surface area contributed by atoms with Gasteiger partial charge in [-0.2, -0.15) is 4.31 Å². The van der Waals surface area contributed by atoms with Crippen LogP contribution >= 0.6 is 0 Å². The van der Waals surface area contributed by atoms with Gasteiger partial charge in [-0.05, 0) is 29.3 Å². The molecule has 0 radical (unpaired) electrons. The Morgan fingerprint density at radius 3 is 2.50 bits per heavy atom. The molecule has 4 rings (SSSR count). The highest BCUT2D eigenvalue weighted by Crippen LogP contribution is 2.26. The molecule has 1 N–H and O–H groups in total. The molecule has 0 saturated carbocycles. The number of benzene rings is 2. The minimum absolute atomic E-state index is 0.349. The molecule has 0 amide bonds. The maximum Gasteiger partial charge on any atom is 0.243 e. The zero-order valence-electron chi connectivity index (χ0n) is 13.7. The molecule has 2 heterocycles. The molecule has 2 aromatic rings. The fraction of sp³-hybridized carbons (Fsp3) is 0.444. The van der Waals surface area contributed by atoms with E-state index in [2.05, 4.69) is 10.2 Å². The van der Waals surface area contributed by atoms with E-state index in [0.717, 1.165) is 43.4 Å². The van der Waals surface area contributed by atoms with Crippen molar-refractivity contribution >= 4 is 20.8 Å². The molecule has 5 nitrogen and oxygen atoms in total. The van der Waals surface area contributed by atoms with E-state index in [1.807, 2.05) is 30.3 Å². The second kappa shape index (κ2) is 6.44. The molecule has 2 aromatic carbocycles. The normalized spacial score (nSPS) is 23.8. The van der Waals surface area contributed by atoms with E-state index >= 15 is 0 Å². The summed E-state index contributed by atoms with van der Waals surface area (Å²) in [6.45, 7) is 5.23. The van der Waals surface area contributed by atoms with E-state index < -0.39 is 10.0 Å². The smallest absolute Gasteiger partial charge is 0.243 e. The lowest BCUT2D eigenvalue weighted by Gasteiger charge is -2.32. The molecule has 0 aromatic heterocycles. The Hall–Kier alpha value is -1.47. The highest BCUT2D eigenvalue weighted by molar-refractivity contribution is 7.89. The molecule has 24 heavy (non-hydrogen) atoms. The summed E-state index contributed by atoms with van der Waals surface area (Å²) >= 11 is 0. The quantitative estimate of drug-likeness (QED) is 0.916. The topological polar surface area (TPSA) is 52.7 Å². The predicted octanol–water partition coefficient (Wildman–Crippen LogP) is 1.51. The van der Waals surface area contributed by atoms with Gasteiger partial charge in [0.05, 0.1) is 4.90 Å². The van der Waals surface area contributed by atoms with Crippen LogP contribution in [0.1, 0.15) is 6.42 Å². The number of fused-ring (bicyclic) bond motifs is 1. The maximum absolute atomic E-state index is 13.0. The lowest BCUT2D eigenvalue weighted by molar-refractivity contribution is 0.179. The largest absolute Gasteiger partial charge is 0.314 e. The van der Waals surface area contributed by atoms with Gasteiger partial charge in [-0.15, -0.1) is 0 Å². The second-order valence-corrected chi connectivity index (χ2v) is 8.54. The molecule has 2 aliphatic heterocycles. The van der Waals surface area contributed by atoms with Crippen LogP contribution in [-0.2, 0) is 10.0 Å². The van der Waals surface area contributed by atoms with Crippen LogP contribution in [0.3, 0.4) is 0 Å². The zero-order chi connectivity index (χ0) is 16.6. The molecule has 2 saturated heterocycles. The first kappa shape index (κ1) is 16.0. The van der Waals surface area contributed by atoms with Crippen molar-refractivity contribution in [3.63, 3.8) is 0 Å². The van der Waals surface area contributed by atoms with E-state index in [9.17, 15) is 8.42 Å². The number of nitrogens with one attached hydrogen (secondary N) is 1. The summed E-state index contributed by atoms with van der Waals surface area (Å²) in [7, 11) is -3.41. The summed E-state index contributed by atoms with van der Waals surface area (Å²) in [5.74, 6) is 0. The monoisotopic (exact) mass is 345 g/mol. The minimum Gasteiger partial charge on any atom is -0.314 e. The number of hydrogen-bond donors (Lipinski definition) is 1. The standard InChI is InChI=1S/C18H23N3O2S/c22-24(23,18-6-5-15-3-1-2-4-16(15)13-18)21-10-7-17(14-21)20-11-8-19-9-12-20/h1-6,13,17,19H,7-12,14H2. The SMILES string of the molecule is O=S(=O)(c1ccc2ccccc2c1)N1CCC(N2CCNCC2)C1. The average Bonchev–Trinajstić information content (AvgIpc) is 3.13. The summed E-state index contributed by atoms with van der Waals surface area (Å²) in [5, 5.41) is 5.38. The van der Waals surface area contributed by atoms with E-state index in [-0.39, 0.29) is 0 Å². The highest BCUT2D eigenvalue weighted by atomic mass is 32.2. The Labute approximate surface area is 143 Å². The molecule has 0 bridgehead atoms. The fourth-order valence-electron chi connectivity index (χ4n) is 3.75. The summed E-state index contributed by atoms with van der Waals surface area (Å²) in [5.41, 5.74) is 0. The van der Waals surface area contributed by atoms with Gasteiger partial charge in [0.1, 0.15) is 0 Å². The average molecular weight is 345 g/mol. The molecule has 1 unspecified atom stereocenters. The van der Waals surface area contributed by atoms with Gasteiger partial charge in [0.15, 0.2) is 0 Å². The third-order valence-corrected chi connectivity index (χ3v) is 7.01. The Bertz CT molecular complexity index is 831. The molecule has 6 heteroatoms. The maximum atomic E-state index is 13.0. The predicted molar refractivity (Wildman–Crippen MR) is 95.6 cm³/mol. The van der Waals surface area contributed by atoms with Crippen molar-refractivity contribution in [3.8, 4) is 0 Å². The van der Waals surface area contributed by atoms with Crippen molar-refractivity contribution < 1.29 is 8.42 Å². The Morgan fingerprint density at radius 2 is 1.71 bits per heavy atom. The molecule has 0 spiro atoms. The van der Waals surface area contributed by atoms with Gasteiger partial charge in [0, 0.05) is 45.3 Å². The molecular weight excluding hydrogens is 322 g/mol. The van der Waals surface area contributed by atoms with Gasteiger partial charge in [-0.3, -0.25) is 4.90 Å². The minimum atomic E-state index is -3.41. The number of sulfonamides is 1. The fourth-order valence-corrected chi connectivity index (χ4v) is 5.28. The van der Waals surface area contributed by atoms with Gasteiger partial charge >= 0.3 is 0 Å². The van der Waals surface area contributed by atoms with E-state index in [1.54, 1.807) is 16.4 Å². The van der Waals surface area contributed by atoms with Crippen molar-refractivity contribution in [2.24, 2.45) is 0 Å². The van der Waals surface area contributed by atoms with Crippen LogP contribution in [0.25, 0.3) is 10.8 Å². The van der Waals surface area contributed by atoms with Crippen LogP contribution in [0.5, 0.6) is 0 Å². The van der Waals surface area contributed by atoms with Crippen LogP contribution < -0.4 is 5.32 Å². The van der Waals surface area contributed by atoms with Crippen molar-refractivity contribution in [2.45, 2.75) is 17.4 Å². The van der Waals surface area contributed by atoms with Gasteiger partial charge in [0.2, 0.25) is 10.0 Å². The van der Waals surface area contributed by atoms with E-state index in [1.165, 1.54) is 0 Å². The Kier molecular flexibility index (Phi) is 4.30. The van der Waals surface area contributed by atoms with Crippen LogP contribution in [0.2, 0.25) is 0 Å². The second-order valence-electron chi connectivity index (χ2n) is 6.60. The van der Waals surface area contributed by atoms with Crippen LogP contribution in [-0.4, -0.2) is 62.9 Å². The molecule has 2 aliphatic rings. The molecule has 128 valence electrons. The number of hydrogen-bond acceptors (Lipinski definition) is 4. The van der Waals surface area contributed by atoms with Crippen LogP contribution in [0.4, 0.5) is 0 Å². The van der Waals surface area contributed by atoms with Crippen LogP contribution in [0.15, 0.2) is 47.4 Å². The molecule has 2 fully saturated rings. The zero-order valence-corrected chi connectivity index (χ0v) is 14.5. The van der Waals surface area contributed by atoms with Crippen molar-refractivity contribution in [1.82, 2.24) is 14.5 Å².